The van der Waals surface area contributed by atoms with Crippen molar-refractivity contribution < 1.29 is 0 Å². The molecule has 2 nitrogen and oxygen atoms in total. The van der Waals surface area contributed by atoms with E-state index >= 15 is 0 Å². The normalized spacial score (nSPS) is 26.3. The summed E-state index contributed by atoms with van der Waals surface area (Å²) >= 11 is 5.97. The fraction of sp³-hybridized carbons (Fsp3) is 0.316. The van der Waals surface area contributed by atoms with Crippen molar-refractivity contribution in [2.75, 3.05) is 19.0 Å². The third kappa shape index (κ3) is 2.17. The standard InChI is InChI=1S/C19H19ClN2/c1-13-18(14-4-10-17(11-5-14)22(2)3)19(13,12-21)15-6-8-16(20)9-7-15/h4-11,13,18H,1-3H3/t13-,18+,19+/m0/s1. The summed E-state index contributed by atoms with van der Waals surface area (Å²) in [6, 6.07) is 18.8. The molecule has 22 heavy (non-hydrogen) atoms. The molecule has 3 heteroatoms. The minimum absolute atomic E-state index is 0.245. The molecule has 112 valence electrons. The Kier molecular flexibility index (Phi) is 3.62. The lowest BCUT2D eigenvalue weighted by Gasteiger charge is -2.13. The number of halogens is 1. The molecule has 1 fully saturated rings. The van der Waals surface area contributed by atoms with Crippen molar-refractivity contribution in [1.82, 2.24) is 0 Å². The fourth-order valence-corrected chi connectivity index (χ4v) is 3.62. The zero-order valence-corrected chi connectivity index (χ0v) is 13.8. The Labute approximate surface area is 136 Å². The summed E-state index contributed by atoms with van der Waals surface area (Å²) in [4.78, 5) is 2.08. The van der Waals surface area contributed by atoms with Crippen molar-refractivity contribution in [1.29, 1.82) is 5.26 Å². The highest BCUT2D eigenvalue weighted by Crippen LogP contribution is 2.65. The van der Waals surface area contributed by atoms with E-state index in [0.717, 1.165) is 5.56 Å². The highest BCUT2D eigenvalue weighted by atomic mass is 35.5. The molecule has 0 unspecified atom stereocenters. The first kappa shape index (κ1) is 14.9. The number of nitrogens with zero attached hydrogens (tertiary/aromatic N) is 2. The maximum atomic E-state index is 9.83. The lowest BCUT2D eigenvalue weighted by atomic mass is 9.91. The Morgan fingerprint density at radius 2 is 1.64 bits per heavy atom. The second-order valence-corrected chi connectivity index (χ2v) is 6.68. The molecule has 0 aromatic heterocycles. The zero-order chi connectivity index (χ0) is 15.9. The van der Waals surface area contributed by atoms with Crippen molar-refractivity contribution in [3.05, 3.63) is 64.7 Å². The Hall–Kier alpha value is -1.98. The second kappa shape index (κ2) is 5.34. The first-order valence-electron chi connectivity index (χ1n) is 7.45. The molecule has 0 aliphatic heterocycles. The molecule has 2 aromatic carbocycles. The molecule has 0 spiro atoms. The number of rotatable bonds is 3. The smallest absolute Gasteiger partial charge is 0.0925 e. The van der Waals surface area contributed by atoms with E-state index in [1.54, 1.807) is 0 Å². The van der Waals surface area contributed by atoms with E-state index in [1.807, 2.05) is 38.4 Å². The molecule has 0 saturated heterocycles. The SMILES string of the molecule is C[C@H]1[C@H](c2ccc(N(C)C)cc2)[C@@]1(C#N)c1ccc(Cl)cc1. The van der Waals surface area contributed by atoms with Crippen LogP contribution >= 0.6 is 11.6 Å². The van der Waals surface area contributed by atoms with Crippen LogP contribution in [0.25, 0.3) is 0 Å². The van der Waals surface area contributed by atoms with Gasteiger partial charge in [-0.3, -0.25) is 0 Å². The van der Waals surface area contributed by atoms with Gasteiger partial charge in [0.2, 0.25) is 0 Å². The Morgan fingerprint density at radius 3 is 2.14 bits per heavy atom. The zero-order valence-electron chi connectivity index (χ0n) is 13.0. The largest absolute Gasteiger partial charge is 0.378 e. The van der Waals surface area contributed by atoms with Crippen molar-refractivity contribution in [3.8, 4) is 6.07 Å². The van der Waals surface area contributed by atoms with Crippen molar-refractivity contribution >= 4 is 17.3 Å². The second-order valence-electron chi connectivity index (χ2n) is 6.24. The molecule has 1 aliphatic rings. The third-order valence-electron chi connectivity index (χ3n) is 4.88. The fourth-order valence-electron chi connectivity index (χ4n) is 3.50. The molecule has 0 amide bonds. The molecule has 3 rings (SSSR count). The van der Waals surface area contributed by atoms with E-state index in [9.17, 15) is 5.26 Å². The van der Waals surface area contributed by atoms with Crippen molar-refractivity contribution in [2.45, 2.75) is 18.3 Å². The van der Waals surface area contributed by atoms with Gasteiger partial charge in [0.1, 0.15) is 0 Å². The van der Waals surface area contributed by atoms with Crippen molar-refractivity contribution in [3.63, 3.8) is 0 Å². The van der Waals surface area contributed by atoms with Crippen molar-refractivity contribution in [2.24, 2.45) is 5.92 Å². The van der Waals surface area contributed by atoms with Crippen LogP contribution in [0, 0.1) is 17.2 Å². The van der Waals surface area contributed by atoms with E-state index in [1.165, 1.54) is 11.3 Å². The van der Waals surface area contributed by atoms with Crippen LogP contribution in [0.3, 0.4) is 0 Å². The van der Waals surface area contributed by atoms with Crippen LogP contribution in [0.15, 0.2) is 48.5 Å². The quantitative estimate of drug-likeness (QED) is 0.828. The number of benzene rings is 2. The van der Waals surface area contributed by atoms with Crippen LogP contribution in [0.4, 0.5) is 5.69 Å². The monoisotopic (exact) mass is 310 g/mol. The minimum Gasteiger partial charge on any atom is -0.378 e. The average Bonchev–Trinajstić information content (AvgIpc) is 3.13. The Bertz CT molecular complexity index is 713. The summed E-state index contributed by atoms with van der Waals surface area (Å²) in [5, 5.41) is 10.5. The molecule has 0 bridgehead atoms. The molecular formula is C19H19ClN2. The van der Waals surface area contributed by atoms with Crippen LogP contribution < -0.4 is 4.90 Å². The van der Waals surface area contributed by atoms with E-state index in [2.05, 4.69) is 42.2 Å². The number of anilines is 1. The van der Waals surface area contributed by atoms with Gasteiger partial charge in [-0.05, 0) is 41.3 Å². The third-order valence-corrected chi connectivity index (χ3v) is 5.13. The van der Waals surface area contributed by atoms with Gasteiger partial charge in [0.25, 0.3) is 0 Å². The molecule has 1 saturated carbocycles. The highest BCUT2D eigenvalue weighted by molar-refractivity contribution is 6.30. The molecule has 1 aliphatic carbocycles. The van der Waals surface area contributed by atoms with Gasteiger partial charge in [-0.25, -0.2) is 0 Å². The highest BCUT2D eigenvalue weighted by Gasteiger charge is 2.64. The summed E-state index contributed by atoms with van der Waals surface area (Å²) in [7, 11) is 4.06. The summed E-state index contributed by atoms with van der Waals surface area (Å²) < 4.78 is 0. The Balaban J connectivity index is 1.95. The van der Waals surface area contributed by atoms with Crippen LogP contribution in [-0.4, -0.2) is 14.1 Å². The molecule has 0 N–H and O–H groups in total. The van der Waals surface area contributed by atoms with E-state index in [-0.39, 0.29) is 5.92 Å². The number of hydrogen-bond donors (Lipinski definition) is 0. The average molecular weight is 311 g/mol. The van der Waals surface area contributed by atoms with Gasteiger partial charge < -0.3 is 4.90 Å². The van der Waals surface area contributed by atoms with E-state index < -0.39 is 5.41 Å². The van der Waals surface area contributed by atoms with Gasteiger partial charge in [-0.15, -0.1) is 0 Å². The summed E-state index contributed by atoms with van der Waals surface area (Å²) in [5.41, 5.74) is 3.04. The van der Waals surface area contributed by atoms with Crippen LogP contribution in [0.2, 0.25) is 5.02 Å². The molecular weight excluding hydrogens is 292 g/mol. The molecule has 2 aromatic rings. The maximum Gasteiger partial charge on any atom is 0.0925 e. The minimum atomic E-state index is -0.426. The molecule has 0 heterocycles. The van der Waals surface area contributed by atoms with Gasteiger partial charge in [0, 0.05) is 30.7 Å². The van der Waals surface area contributed by atoms with Gasteiger partial charge in [-0.2, -0.15) is 5.26 Å². The predicted octanol–water partition coefficient (Wildman–Crippen LogP) is 4.60. The maximum absolute atomic E-state index is 9.83. The molecule has 3 atom stereocenters. The summed E-state index contributed by atoms with van der Waals surface area (Å²) in [5.74, 6) is 0.554. The van der Waals surface area contributed by atoms with Crippen LogP contribution in [-0.2, 0) is 5.41 Å². The topological polar surface area (TPSA) is 27.0 Å². The van der Waals surface area contributed by atoms with Gasteiger partial charge in [0.05, 0.1) is 11.5 Å². The lowest BCUT2D eigenvalue weighted by molar-refractivity contribution is 0.790. The van der Waals surface area contributed by atoms with Crippen LogP contribution in [0.1, 0.15) is 24.0 Å². The summed E-state index contributed by atoms with van der Waals surface area (Å²) in [6.45, 7) is 2.16. The van der Waals surface area contributed by atoms with Gasteiger partial charge in [-0.1, -0.05) is 42.8 Å². The number of hydrogen-bond acceptors (Lipinski definition) is 2. The lowest BCUT2D eigenvalue weighted by Crippen LogP contribution is -2.09. The van der Waals surface area contributed by atoms with Crippen LogP contribution in [0.5, 0.6) is 0 Å². The molecule has 0 radical (unpaired) electrons. The first-order chi connectivity index (χ1) is 10.5. The summed E-state index contributed by atoms with van der Waals surface area (Å²) in [6.07, 6.45) is 0. The van der Waals surface area contributed by atoms with E-state index in [0.29, 0.717) is 10.9 Å². The van der Waals surface area contributed by atoms with Gasteiger partial charge >= 0.3 is 0 Å². The van der Waals surface area contributed by atoms with E-state index in [4.69, 9.17) is 11.6 Å². The first-order valence-corrected chi connectivity index (χ1v) is 7.83. The number of nitriles is 1. The van der Waals surface area contributed by atoms with Gasteiger partial charge in [0.15, 0.2) is 0 Å². The predicted molar refractivity (Wildman–Crippen MR) is 91.4 cm³/mol. The Morgan fingerprint density at radius 1 is 1.05 bits per heavy atom.